The summed E-state index contributed by atoms with van der Waals surface area (Å²) < 4.78 is 4.50. The van der Waals surface area contributed by atoms with Gasteiger partial charge in [0.05, 0.1) is 17.4 Å². The third-order valence-corrected chi connectivity index (χ3v) is 2.63. The number of methoxy groups -OCH3 is 1. The number of fused-ring (bicyclic) bond motifs is 1. The Morgan fingerprint density at radius 3 is 2.84 bits per heavy atom. The molecule has 19 heavy (non-hydrogen) atoms. The van der Waals surface area contributed by atoms with E-state index in [-0.39, 0.29) is 5.69 Å². The van der Waals surface area contributed by atoms with Crippen molar-refractivity contribution in [3.63, 3.8) is 0 Å². The lowest BCUT2D eigenvalue weighted by Crippen LogP contribution is -1.94. The van der Waals surface area contributed by atoms with Crippen molar-refractivity contribution in [1.29, 1.82) is 0 Å². The molecule has 1 heterocycles. The van der Waals surface area contributed by atoms with Crippen molar-refractivity contribution in [2.75, 3.05) is 7.11 Å². The number of ether oxygens (including phenoxy) is 1. The number of rotatable bonds is 3. The first-order chi connectivity index (χ1) is 9.13. The highest BCUT2D eigenvalue weighted by Gasteiger charge is 2.13. The quantitative estimate of drug-likeness (QED) is 0.365. The van der Waals surface area contributed by atoms with Gasteiger partial charge in [-0.25, -0.2) is 4.79 Å². The average molecular weight is 258 g/mol. The van der Waals surface area contributed by atoms with Crippen LogP contribution < -0.4 is 0 Å². The average Bonchev–Trinajstić information content (AvgIpc) is 2.43. The minimum atomic E-state index is -0.486. The monoisotopic (exact) mass is 258 g/mol. The number of carbonyl (C=O) groups excluding carboxylic acids is 1. The molecule has 0 unspecified atom stereocenters. The van der Waals surface area contributed by atoms with Crippen molar-refractivity contribution < 1.29 is 14.5 Å². The molecular formula is C13H10N2O4. The summed E-state index contributed by atoms with van der Waals surface area (Å²) >= 11 is 0. The summed E-state index contributed by atoms with van der Waals surface area (Å²) in [6, 6.07) is 4.64. The second-order valence-corrected chi connectivity index (χ2v) is 3.71. The topological polar surface area (TPSA) is 82.3 Å². The van der Waals surface area contributed by atoms with Crippen LogP contribution in [0.25, 0.3) is 16.8 Å². The van der Waals surface area contributed by atoms with E-state index < -0.39 is 10.9 Å². The summed E-state index contributed by atoms with van der Waals surface area (Å²) in [6.07, 6.45) is 5.80. The summed E-state index contributed by atoms with van der Waals surface area (Å²) in [4.78, 5) is 25.4. The molecule has 0 amide bonds. The summed E-state index contributed by atoms with van der Waals surface area (Å²) in [5, 5.41) is 12.0. The van der Waals surface area contributed by atoms with Gasteiger partial charge in [-0.15, -0.1) is 0 Å². The third-order valence-electron chi connectivity index (χ3n) is 2.63. The molecule has 2 rings (SSSR count). The van der Waals surface area contributed by atoms with Gasteiger partial charge in [-0.05, 0) is 29.2 Å². The summed E-state index contributed by atoms with van der Waals surface area (Å²) in [6.45, 7) is 0. The Balaban J connectivity index is 2.59. The molecule has 0 bridgehead atoms. The number of hydrogen-bond donors (Lipinski definition) is 0. The van der Waals surface area contributed by atoms with Gasteiger partial charge in [-0.1, -0.05) is 0 Å². The Morgan fingerprint density at radius 1 is 1.37 bits per heavy atom. The van der Waals surface area contributed by atoms with Crippen LogP contribution in [0.2, 0.25) is 0 Å². The van der Waals surface area contributed by atoms with E-state index >= 15 is 0 Å². The molecule has 96 valence electrons. The number of nitrogens with zero attached hydrogens (tertiary/aromatic N) is 2. The zero-order valence-corrected chi connectivity index (χ0v) is 10.1. The number of nitro benzene ring substituents is 1. The normalized spacial score (nSPS) is 10.8. The molecule has 0 aliphatic carbocycles. The van der Waals surface area contributed by atoms with Gasteiger partial charge in [0.25, 0.3) is 5.69 Å². The second kappa shape index (κ2) is 5.26. The van der Waals surface area contributed by atoms with E-state index in [1.54, 1.807) is 24.4 Å². The smallest absolute Gasteiger partial charge is 0.330 e. The third kappa shape index (κ3) is 2.57. The first-order valence-electron chi connectivity index (χ1n) is 5.40. The fourth-order valence-corrected chi connectivity index (χ4v) is 1.73. The highest BCUT2D eigenvalue weighted by atomic mass is 16.6. The lowest BCUT2D eigenvalue weighted by atomic mass is 10.0. The second-order valence-electron chi connectivity index (χ2n) is 3.71. The van der Waals surface area contributed by atoms with Crippen molar-refractivity contribution in [1.82, 2.24) is 4.98 Å². The van der Waals surface area contributed by atoms with Gasteiger partial charge in [-0.2, -0.15) is 0 Å². The van der Waals surface area contributed by atoms with Crippen molar-refractivity contribution in [2.24, 2.45) is 0 Å². The Kier molecular flexibility index (Phi) is 3.51. The molecule has 0 saturated heterocycles. The van der Waals surface area contributed by atoms with Crippen LogP contribution in [0.1, 0.15) is 5.56 Å². The summed E-state index contributed by atoms with van der Waals surface area (Å²) in [7, 11) is 1.28. The molecule has 0 fully saturated rings. The Hall–Kier alpha value is -2.76. The molecule has 1 aromatic carbocycles. The van der Waals surface area contributed by atoms with Crippen LogP contribution in [0.4, 0.5) is 5.69 Å². The van der Waals surface area contributed by atoms with Crippen LogP contribution in [0.15, 0.2) is 36.7 Å². The van der Waals surface area contributed by atoms with E-state index in [1.165, 1.54) is 25.4 Å². The minimum Gasteiger partial charge on any atom is -0.466 e. The van der Waals surface area contributed by atoms with Gasteiger partial charge in [0, 0.05) is 24.5 Å². The fourth-order valence-electron chi connectivity index (χ4n) is 1.73. The summed E-state index contributed by atoms with van der Waals surface area (Å²) in [5.41, 5.74) is 0.673. The Morgan fingerprint density at radius 2 is 2.16 bits per heavy atom. The van der Waals surface area contributed by atoms with Gasteiger partial charge >= 0.3 is 5.97 Å². The number of non-ortho nitro benzene ring substituents is 1. The number of esters is 1. The van der Waals surface area contributed by atoms with Gasteiger partial charge in [0.2, 0.25) is 0 Å². The number of nitro groups is 1. The number of hydrogen-bond acceptors (Lipinski definition) is 5. The fraction of sp³-hybridized carbons (Fsp3) is 0.0769. The maximum atomic E-state index is 11.1. The SMILES string of the molecule is COC(=O)C=Cc1ccc([N+](=O)[O-])c2cnccc12. The zero-order chi connectivity index (χ0) is 13.8. The molecule has 6 nitrogen and oxygen atoms in total. The molecule has 0 radical (unpaired) electrons. The van der Waals surface area contributed by atoms with Crippen molar-refractivity contribution in [3.05, 3.63) is 52.3 Å². The van der Waals surface area contributed by atoms with E-state index in [2.05, 4.69) is 9.72 Å². The predicted molar refractivity (Wildman–Crippen MR) is 69.4 cm³/mol. The Bertz CT molecular complexity index is 679. The molecule has 2 aromatic rings. The molecule has 0 aliphatic rings. The van der Waals surface area contributed by atoms with Gasteiger partial charge < -0.3 is 4.74 Å². The van der Waals surface area contributed by atoms with Crippen LogP contribution in [-0.2, 0) is 9.53 Å². The van der Waals surface area contributed by atoms with E-state index in [4.69, 9.17) is 0 Å². The van der Waals surface area contributed by atoms with Crippen molar-refractivity contribution in [2.45, 2.75) is 0 Å². The van der Waals surface area contributed by atoms with Gasteiger partial charge in [-0.3, -0.25) is 15.1 Å². The standard InChI is InChI=1S/C13H10N2O4/c1-19-13(16)5-3-9-2-4-12(15(17)18)11-8-14-7-6-10(9)11/h2-8H,1H3. The molecule has 0 N–H and O–H groups in total. The molecule has 0 atom stereocenters. The molecule has 0 aliphatic heterocycles. The largest absolute Gasteiger partial charge is 0.466 e. The van der Waals surface area contributed by atoms with Crippen LogP contribution in [0, 0.1) is 10.1 Å². The van der Waals surface area contributed by atoms with Crippen LogP contribution in [-0.4, -0.2) is 23.0 Å². The van der Waals surface area contributed by atoms with E-state index in [0.717, 1.165) is 0 Å². The number of aromatic nitrogens is 1. The van der Waals surface area contributed by atoms with Gasteiger partial charge in [0.1, 0.15) is 0 Å². The molecule has 1 aromatic heterocycles. The first kappa shape index (κ1) is 12.7. The highest BCUT2D eigenvalue weighted by molar-refractivity contribution is 5.98. The minimum absolute atomic E-state index is 0.0154. The zero-order valence-electron chi connectivity index (χ0n) is 10.1. The van der Waals surface area contributed by atoms with E-state index in [1.807, 2.05) is 0 Å². The maximum Gasteiger partial charge on any atom is 0.330 e. The summed E-state index contributed by atoms with van der Waals surface area (Å²) in [5.74, 6) is -0.486. The number of pyridine rings is 1. The van der Waals surface area contributed by atoms with Crippen LogP contribution in [0.3, 0.4) is 0 Å². The molecular weight excluding hydrogens is 248 g/mol. The van der Waals surface area contributed by atoms with E-state index in [9.17, 15) is 14.9 Å². The number of carbonyl (C=O) groups is 1. The molecule has 6 heteroatoms. The maximum absolute atomic E-state index is 11.1. The molecule has 0 spiro atoms. The van der Waals surface area contributed by atoms with Crippen molar-refractivity contribution in [3.8, 4) is 0 Å². The lowest BCUT2D eigenvalue weighted by Gasteiger charge is -2.02. The van der Waals surface area contributed by atoms with Crippen LogP contribution in [0.5, 0.6) is 0 Å². The van der Waals surface area contributed by atoms with Gasteiger partial charge in [0.15, 0.2) is 0 Å². The predicted octanol–water partition coefficient (Wildman–Crippen LogP) is 2.33. The van der Waals surface area contributed by atoms with E-state index in [0.29, 0.717) is 16.3 Å². The number of benzene rings is 1. The first-order valence-corrected chi connectivity index (χ1v) is 5.40. The molecule has 0 saturated carbocycles. The van der Waals surface area contributed by atoms with Crippen LogP contribution >= 0.6 is 0 Å². The lowest BCUT2D eigenvalue weighted by molar-refractivity contribution is -0.383. The Labute approximate surface area is 108 Å². The highest BCUT2D eigenvalue weighted by Crippen LogP contribution is 2.28. The van der Waals surface area contributed by atoms with Crippen molar-refractivity contribution >= 4 is 28.5 Å².